The molecule has 0 spiro atoms. The summed E-state index contributed by atoms with van der Waals surface area (Å²) in [6, 6.07) is 3.82. The molecule has 0 fully saturated rings. The van der Waals surface area contributed by atoms with Crippen molar-refractivity contribution in [2.75, 3.05) is 11.9 Å². The van der Waals surface area contributed by atoms with Crippen LogP contribution in [0.3, 0.4) is 0 Å². The van der Waals surface area contributed by atoms with Gasteiger partial charge in [0.1, 0.15) is 11.9 Å². The van der Waals surface area contributed by atoms with E-state index in [4.69, 9.17) is 0 Å². The van der Waals surface area contributed by atoms with E-state index in [0.717, 1.165) is 18.7 Å². The molecule has 0 aromatic carbocycles. The van der Waals surface area contributed by atoms with Gasteiger partial charge in [0.2, 0.25) is 5.91 Å². The predicted molar refractivity (Wildman–Crippen MR) is 68.0 cm³/mol. The Labute approximate surface area is 102 Å². The molecule has 0 bridgehead atoms. The summed E-state index contributed by atoms with van der Waals surface area (Å²) < 4.78 is 0. The fourth-order valence-electron chi connectivity index (χ4n) is 2.12. The average molecular weight is 233 g/mol. The number of nitrogens with one attached hydrogen (secondary N) is 2. The third kappa shape index (κ3) is 2.75. The first-order valence-electron chi connectivity index (χ1n) is 6.23. The molecule has 0 saturated heterocycles. The molecule has 1 aliphatic rings. The number of nitrogens with zero attached hydrogens (tertiary/aromatic N) is 1. The summed E-state index contributed by atoms with van der Waals surface area (Å²) in [6.07, 6.45) is 3.38. The summed E-state index contributed by atoms with van der Waals surface area (Å²) in [7, 11) is 0. The van der Waals surface area contributed by atoms with E-state index in [9.17, 15) is 4.79 Å². The van der Waals surface area contributed by atoms with Crippen LogP contribution in [0, 0.1) is 0 Å². The average Bonchev–Trinajstić information content (AvgIpc) is 2.76. The molecular weight excluding hydrogens is 214 g/mol. The van der Waals surface area contributed by atoms with Crippen LogP contribution in [0.25, 0.3) is 0 Å². The Hall–Kier alpha value is -1.58. The van der Waals surface area contributed by atoms with Crippen molar-refractivity contribution in [3.8, 4) is 0 Å². The van der Waals surface area contributed by atoms with Gasteiger partial charge in [-0.2, -0.15) is 0 Å². The first-order valence-corrected chi connectivity index (χ1v) is 6.23. The van der Waals surface area contributed by atoms with Gasteiger partial charge in [-0.25, -0.2) is 4.98 Å². The summed E-state index contributed by atoms with van der Waals surface area (Å²) in [5.74, 6) is 0.805. The molecule has 0 saturated carbocycles. The molecule has 1 aromatic rings. The quantitative estimate of drug-likeness (QED) is 0.828. The smallest absolute Gasteiger partial charge is 0.242 e. The Kier molecular flexibility index (Phi) is 3.61. The van der Waals surface area contributed by atoms with Gasteiger partial charge in [-0.15, -0.1) is 0 Å². The third-order valence-electron chi connectivity index (χ3n) is 3.04. The van der Waals surface area contributed by atoms with Crippen LogP contribution in [-0.4, -0.2) is 23.5 Å². The lowest BCUT2D eigenvalue weighted by Gasteiger charge is -2.14. The van der Waals surface area contributed by atoms with Gasteiger partial charge in [0, 0.05) is 12.2 Å². The molecule has 17 heavy (non-hydrogen) atoms. The maximum absolute atomic E-state index is 11.6. The lowest BCUT2D eigenvalue weighted by atomic mass is 10.2. The lowest BCUT2D eigenvalue weighted by Crippen LogP contribution is -2.37. The molecule has 0 radical (unpaired) electrons. The number of carbonyl (C=O) groups is 1. The predicted octanol–water partition coefficient (Wildman–Crippen LogP) is 1.51. The van der Waals surface area contributed by atoms with Crippen molar-refractivity contribution in [3.63, 3.8) is 0 Å². The van der Waals surface area contributed by atoms with Crippen LogP contribution in [-0.2, 0) is 17.6 Å². The van der Waals surface area contributed by atoms with Crippen molar-refractivity contribution < 1.29 is 4.79 Å². The van der Waals surface area contributed by atoms with E-state index < -0.39 is 0 Å². The maximum atomic E-state index is 11.6. The summed E-state index contributed by atoms with van der Waals surface area (Å²) in [4.78, 5) is 16.1. The normalized spacial score (nSPS) is 15.2. The van der Waals surface area contributed by atoms with E-state index in [2.05, 4.69) is 21.7 Å². The van der Waals surface area contributed by atoms with Gasteiger partial charge in [0.25, 0.3) is 0 Å². The van der Waals surface area contributed by atoms with Gasteiger partial charge in [-0.3, -0.25) is 4.79 Å². The second-order valence-electron chi connectivity index (χ2n) is 4.42. The minimum absolute atomic E-state index is 0.00907. The summed E-state index contributed by atoms with van der Waals surface area (Å²) in [5, 5.41) is 5.92. The molecule has 1 unspecified atom stereocenters. The van der Waals surface area contributed by atoms with Crippen molar-refractivity contribution in [1.29, 1.82) is 0 Å². The number of hydrogen-bond donors (Lipinski definition) is 2. The Balaban J connectivity index is 2.01. The molecule has 2 rings (SSSR count). The fraction of sp³-hybridized carbons (Fsp3) is 0.538. The van der Waals surface area contributed by atoms with E-state index in [-0.39, 0.29) is 11.9 Å². The topological polar surface area (TPSA) is 54.0 Å². The van der Waals surface area contributed by atoms with Crippen molar-refractivity contribution >= 4 is 11.7 Å². The second kappa shape index (κ2) is 5.17. The summed E-state index contributed by atoms with van der Waals surface area (Å²) in [6.45, 7) is 4.42. The highest BCUT2D eigenvalue weighted by molar-refractivity contribution is 5.83. The summed E-state index contributed by atoms with van der Waals surface area (Å²) >= 11 is 0. The second-order valence-corrected chi connectivity index (χ2v) is 4.42. The Morgan fingerprint density at radius 3 is 3.06 bits per heavy atom. The van der Waals surface area contributed by atoms with Gasteiger partial charge in [-0.1, -0.05) is 6.07 Å². The van der Waals surface area contributed by atoms with Gasteiger partial charge < -0.3 is 10.6 Å². The van der Waals surface area contributed by atoms with Crippen LogP contribution in [0.2, 0.25) is 0 Å². The number of carbonyl (C=O) groups excluding carboxylic acids is 1. The summed E-state index contributed by atoms with van der Waals surface area (Å²) in [5.41, 5.74) is 2.53. The standard InChI is InChI=1S/C13H19N3O/c1-3-14-13(17)9(2)15-12-8-7-10-5-4-6-11(10)16-12/h7-9H,3-6H2,1-2H3,(H,14,17)(H,15,16). The van der Waals surface area contributed by atoms with Crippen LogP contribution < -0.4 is 10.6 Å². The number of hydrogen-bond acceptors (Lipinski definition) is 3. The number of rotatable bonds is 4. The largest absolute Gasteiger partial charge is 0.359 e. The number of aryl methyl sites for hydroxylation is 2. The van der Waals surface area contributed by atoms with Crippen molar-refractivity contribution in [2.45, 2.75) is 39.2 Å². The Bertz CT molecular complexity index is 417. The zero-order chi connectivity index (χ0) is 12.3. The molecule has 1 aromatic heterocycles. The lowest BCUT2D eigenvalue weighted by molar-refractivity contribution is -0.121. The number of likely N-dealkylation sites (N-methyl/N-ethyl adjacent to an activating group) is 1. The van der Waals surface area contributed by atoms with Crippen molar-refractivity contribution in [3.05, 3.63) is 23.4 Å². The number of anilines is 1. The molecule has 1 heterocycles. The van der Waals surface area contributed by atoms with Gasteiger partial charge in [0.15, 0.2) is 0 Å². The molecule has 2 N–H and O–H groups in total. The number of aromatic nitrogens is 1. The van der Waals surface area contributed by atoms with Crippen LogP contribution in [0.1, 0.15) is 31.5 Å². The Morgan fingerprint density at radius 1 is 1.47 bits per heavy atom. The zero-order valence-electron chi connectivity index (χ0n) is 10.4. The fourth-order valence-corrected chi connectivity index (χ4v) is 2.12. The van der Waals surface area contributed by atoms with E-state index in [1.807, 2.05) is 19.9 Å². The van der Waals surface area contributed by atoms with E-state index in [0.29, 0.717) is 6.54 Å². The van der Waals surface area contributed by atoms with Crippen LogP contribution in [0.15, 0.2) is 12.1 Å². The number of amides is 1. The first kappa shape index (κ1) is 11.9. The Morgan fingerprint density at radius 2 is 2.29 bits per heavy atom. The van der Waals surface area contributed by atoms with E-state index in [1.165, 1.54) is 17.7 Å². The number of fused-ring (bicyclic) bond motifs is 1. The maximum Gasteiger partial charge on any atom is 0.242 e. The molecule has 0 aliphatic heterocycles. The third-order valence-corrected chi connectivity index (χ3v) is 3.04. The monoisotopic (exact) mass is 233 g/mol. The van der Waals surface area contributed by atoms with Crippen LogP contribution >= 0.6 is 0 Å². The molecule has 1 atom stereocenters. The van der Waals surface area contributed by atoms with Crippen LogP contribution in [0.5, 0.6) is 0 Å². The molecule has 1 aliphatic carbocycles. The molecular formula is C13H19N3O. The van der Waals surface area contributed by atoms with Gasteiger partial charge in [-0.05, 0) is 44.7 Å². The molecule has 4 nitrogen and oxygen atoms in total. The zero-order valence-corrected chi connectivity index (χ0v) is 10.4. The SMILES string of the molecule is CCNC(=O)C(C)Nc1ccc2c(n1)CCC2. The van der Waals surface area contributed by atoms with Crippen molar-refractivity contribution in [1.82, 2.24) is 10.3 Å². The highest BCUT2D eigenvalue weighted by Gasteiger charge is 2.15. The molecule has 1 amide bonds. The molecule has 4 heteroatoms. The van der Waals surface area contributed by atoms with Crippen LogP contribution in [0.4, 0.5) is 5.82 Å². The van der Waals surface area contributed by atoms with Gasteiger partial charge in [0.05, 0.1) is 0 Å². The highest BCUT2D eigenvalue weighted by atomic mass is 16.2. The molecule has 92 valence electrons. The minimum Gasteiger partial charge on any atom is -0.359 e. The minimum atomic E-state index is -0.248. The van der Waals surface area contributed by atoms with E-state index >= 15 is 0 Å². The van der Waals surface area contributed by atoms with E-state index in [1.54, 1.807) is 0 Å². The number of pyridine rings is 1. The highest BCUT2D eigenvalue weighted by Crippen LogP contribution is 2.21. The van der Waals surface area contributed by atoms with Crippen molar-refractivity contribution in [2.24, 2.45) is 0 Å². The first-order chi connectivity index (χ1) is 8.20. The van der Waals surface area contributed by atoms with Gasteiger partial charge >= 0.3 is 0 Å².